The number of anilines is 1. The molecule has 0 saturated carbocycles. The highest BCUT2D eigenvalue weighted by molar-refractivity contribution is 7.17. The van der Waals surface area contributed by atoms with Crippen LogP contribution in [0.25, 0.3) is 0 Å². The van der Waals surface area contributed by atoms with Gasteiger partial charge in [-0.25, -0.2) is 0 Å². The first-order chi connectivity index (χ1) is 13.6. The average Bonchev–Trinajstić information content (AvgIpc) is 2.88. The maximum absolute atomic E-state index is 13.4. The van der Waals surface area contributed by atoms with Gasteiger partial charge in [0.2, 0.25) is 0 Å². The van der Waals surface area contributed by atoms with Crippen LogP contribution in [0, 0.1) is 0 Å². The summed E-state index contributed by atoms with van der Waals surface area (Å²) in [4.78, 5) is 29.2. The topological polar surface area (TPSA) is 58.6 Å². The second-order valence-corrected chi connectivity index (χ2v) is 8.62. The Kier molecular flexibility index (Phi) is 5.99. The molecular weight excluding hydrogens is 396 g/mol. The molecule has 28 heavy (non-hydrogen) atoms. The number of carbonyl (C=O) groups excluding carboxylic acids is 2. The number of hydrogen-bond donors (Lipinski definition) is 1. The van der Waals surface area contributed by atoms with Crippen LogP contribution in [0.5, 0.6) is 0 Å². The second kappa shape index (κ2) is 8.64. The number of rotatable bonds is 3. The highest BCUT2D eigenvalue weighted by Gasteiger charge is 2.29. The zero-order chi connectivity index (χ0) is 19.5. The number of carbonyl (C=O) groups is 2. The van der Waals surface area contributed by atoms with E-state index in [1.54, 1.807) is 35.6 Å². The molecule has 0 unspecified atom stereocenters. The number of ether oxygens (including phenoxy) is 1. The van der Waals surface area contributed by atoms with E-state index in [-0.39, 0.29) is 11.8 Å². The molecule has 1 aromatic carbocycles. The van der Waals surface area contributed by atoms with Gasteiger partial charge in [0.1, 0.15) is 5.00 Å². The first kappa shape index (κ1) is 19.4. The van der Waals surface area contributed by atoms with Gasteiger partial charge in [0, 0.05) is 18.0 Å². The number of benzene rings is 1. The molecule has 0 radical (unpaired) electrons. The van der Waals surface area contributed by atoms with E-state index in [0.29, 0.717) is 47.5 Å². The fourth-order valence-electron chi connectivity index (χ4n) is 3.80. The third kappa shape index (κ3) is 3.95. The zero-order valence-electron chi connectivity index (χ0n) is 15.6. The molecule has 1 N–H and O–H groups in total. The van der Waals surface area contributed by atoms with Crippen molar-refractivity contribution in [1.29, 1.82) is 0 Å². The molecule has 0 atom stereocenters. The summed E-state index contributed by atoms with van der Waals surface area (Å²) in [6, 6.07) is 6.96. The van der Waals surface area contributed by atoms with Crippen LogP contribution < -0.4 is 5.32 Å². The number of thiophene rings is 1. The fourth-order valence-corrected chi connectivity index (χ4v) is 5.30. The molecule has 0 spiro atoms. The van der Waals surface area contributed by atoms with Crippen LogP contribution >= 0.6 is 22.9 Å². The summed E-state index contributed by atoms with van der Waals surface area (Å²) >= 11 is 7.73. The lowest BCUT2D eigenvalue weighted by Crippen LogP contribution is -2.41. The molecule has 1 fully saturated rings. The first-order valence-electron chi connectivity index (χ1n) is 9.72. The smallest absolute Gasteiger partial charge is 0.257 e. The van der Waals surface area contributed by atoms with E-state index in [0.717, 1.165) is 31.2 Å². The quantitative estimate of drug-likeness (QED) is 0.752. The standard InChI is InChI=1S/C21H23ClN2O3S/c22-16-8-5-4-6-14(16)19(25)23-20-18(21(26)24-10-12-27-13-11-24)15-7-2-1-3-9-17(15)28-20/h4-6,8H,1-3,7,9-13H2,(H,23,25). The van der Waals surface area contributed by atoms with E-state index in [1.165, 1.54) is 11.3 Å². The van der Waals surface area contributed by atoms with Crippen molar-refractivity contribution in [1.82, 2.24) is 4.90 Å². The minimum Gasteiger partial charge on any atom is -0.378 e. The largest absolute Gasteiger partial charge is 0.378 e. The molecule has 1 aliphatic carbocycles. The Morgan fingerprint density at radius 1 is 1.07 bits per heavy atom. The molecule has 2 heterocycles. The average molecular weight is 419 g/mol. The molecule has 0 bridgehead atoms. The second-order valence-electron chi connectivity index (χ2n) is 7.11. The van der Waals surface area contributed by atoms with Crippen LogP contribution in [0.15, 0.2) is 24.3 Å². The lowest BCUT2D eigenvalue weighted by molar-refractivity contribution is 0.0303. The summed E-state index contributed by atoms with van der Waals surface area (Å²) in [5.74, 6) is -0.282. The third-order valence-electron chi connectivity index (χ3n) is 5.28. The van der Waals surface area contributed by atoms with Crippen molar-refractivity contribution in [3.05, 3.63) is 50.9 Å². The number of halogens is 1. The van der Waals surface area contributed by atoms with E-state index >= 15 is 0 Å². The minimum absolute atomic E-state index is 0.00263. The number of nitrogens with one attached hydrogen (secondary N) is 1. The van der Waals surface area contributed by atoms with Crippen molar-refractivity contribution in [3.63, 3.8) is 0 Å². The van der Waals surface area contributed by atoms with Gasteiger partial charge >= 0.3 is 0 Å². The van der Waals surface area contributed by atoms with Crippen molar-refractivity contribution in [2.24, 2.45) is 0 Å². The predicted octanol–water partition coefficient (Wildman–Crippen LogP) is 4.40. The molecule has 7 heteroatoms. The predicted molar refractivity (Wildman–Crippen MR) is 112 cm³/mol. The Bertz CT molecular complexity index is 890. The summed E-state index contributed by atoms with van der Waals surface area (Å²) in [6.07, 6.45) is 5.22. The van der Waals surface area contributed by atoms with Crippen LogP contribution in [0.4, 0.5) is 5.00 Å². The number of aryl methyl sites for hydroxylation is 1. The molecule has 2 aromatic rings. The summed E-state index contributed by atoms with van der Waals surface area (Å²) < 4.78 is 5.39. The zero-order valence-corrected chi connectivity index (χ0v) is 17.2. The van der Waals surface area contributed by atoms with Gasteiger partial charge in [-0.15, -0.1) is 11.3 Å². The molecule has 1 aliphatic heterocycles. The molecule has 148 valence electrons. The summed E-state index contributed by atoms with van der Waals surface area (Å²) in [6.45, 7) is 2.28. The number of morpholine rings is 1. The van der Waals surface area contributed by atoms with Gasteiger partial charge in [-0.3, -0.25) is 9.59 Å². The van der Waals surface area contributed by atoms with Crippen molar-refractivity contribution in [2.75, 3.05) is 31.6 Å². The molecule has 1 saturated heterocycles. The number of nitrogens with zero attached hydrogens (tertiary/aromatic N) is 1. The van der Waals surface area contributed by atoms with Crippen molar-refractivity contribution >= 4 is 39.8 Å². The van der Waals surface area contributed by atoms with Gasteiger partial charge in [-0.2, -0.15) is 0 Å². The van der Waals surface area contributed by atoms with Gasteiger partial charge in [0.15, 0.2) is 0 Å². The Labute approximate surface area is 173 Å². The Morgan fingerprint density at radius 3 is 2.61 bits per heavy atom. The van der Waals surface area contributed by atoms with Crippen LogP contribution in [0.2, 0.25) is 5.02 Å². The number of amides is 2. The lowest BCUT2D eigenvalue weighted by Gasteiger charge is -2.27. The summed E-state index contributed by atoms with van der Waals surface area (Å²) in [5.41, 5.74) is 2.20. The maximum atomic E-state index is 13.4. The van der Waals surface area contributed by atoms with Crippen LogP contribution in [0.1, 0.15) is 50.4 Å². The highest BCUT2D eigenvalue weighted by atomic mass is 35.5. The molecular formula is C21H23ClN2O3S. The number of fused-ring (bicyclic) bond motifs is 1. The fraction of sp³-hybridized carbons (Fsp3) is 0.429. The Balaban J connectivity index is 1.69. The van der Waals surface area contributed by atoms with E-state index in [2.05, 4.69) is 5.32 Å². The Morgan fingerprint density at radius 2 is 1.82 bits per heavy atom. The SMILES string of the molecule is O=C(Nc1sc2c(c1C(=O)N1CCOCC1)CCCCC2)c1ccccc1Cl. The molecule has 1 aromatic heterocycles. The van der Waals surface area contributed by atoms with E-state index in [1.807, 2.05) is 4.90 Å². The van der Waals surface area contributed by atoms with Crippen LogP contribution in [-0.4, -0.2) is 43.0 Å². The maximum Gasteiger partial charge on any atom is 0.257 e. The van der Waals surface area contributed by atoms with Gasteiger partial charge in [-0.1, -0.05) is 30.2 Å². The van der Waals surface area contributed by atoms with Gasteiger partial charge in [-0.05, 0) is 43.4 Å². The minimum atomic E-state index is -0.280. The number of hydrogen-bond acceptors (Lipinski definition) is 4. The highest BCUT2D eigenvalue weighted by Crippen LogP contribution is 2.38. The molecule has 5 nitrogen and oxygen atoms in total. The van der Waals surface area contributed by atoms with Gasteiger partial charge in [0.25, 0.3) is 11.8 Å². The van der Waals surface area contributed by atoms with Crippen LogP contribution in [-0.2, 0) is 17.6 Å². The van der Waals surface area contributed by atoms with Gasteiger partial charge in [0.05, 0.1) is 29.4 Å². The normalized spacial score (nSPS) is 17.0. The lowest BCUT2D eigenvalue weighted by atomic mass is 10.0. The van der Waals surface area contributed by atoms with E-state index in [9.17, 15) is 9.59 Å². The van der Waals surface area contributed by atoms with Crippen LogP contribution in [0.3, 0.4) is 0 Å². The monoisotopic (exact) mass is 418 g/mol. The third-order valence-corrected chi connectivity index (χ3v) is 6.82. The van der Waals surface area contributed by atoms with Crippen molar-refractivity contribution < 1.29 is 14.3 Å². The summed E-state index contributed by atoms with van der Waals surface area (Å²) in [7, 11) is 0. The van der Waals surface area contributed by atoms with Crippen molar-refractivity contribution in [2.45, 2.75) is 32.1 Å². The molecule has 2 aliphatic rings. The molecule has 4 rings (SSSR count). The first-order valence-corrected chi connectivity index (χ1v) is 10.9. The Hall–Kier alpha value is -1.89. The van der Waals surface area contributed by atoms with E-state index in [4.69, 9.17) is 16.3 Å². The summed E-state index contributed by atoms with van der Waals surface area (Å²) in [5, 5.41) is 4.03. The van der Waals surface area contributed by atoms with E-state index < -0.39 is 0 Å². The van der Waals surface area contributed by atoms with Gasteiger partial charge < -0.3 is 15.0 Å². The molecule has 2 amide bonds. The van der Waals surface area contributed by atoms with Crippen molar-refractivity contribution in [3.8, 4) is 0 Å².